The Hall–Kier alpha value is -0.710. The van der Waals surface area contributed by atoms with Crippen LogP contribution < -0.4 is 0 Å². The number of hydrogen-bond acceptors (Lipinski definition) is 4. The van der Waals surface area contributed by atoms with Gasteiger partial charge in [0.1, 0.15) is 0 Å². The van der Waals surface area contributed by atoms with Gasteiger partial charge in [-0.05, 0) is 54.6 Å². The standard InChI is InChI=1S/C13H16INO5S/c1-8-7-20-9(2)6-15(8)21(18,19)10-3-4-12(14)11(5-10)13(16)17/h3-5,8-9H,6-7H2,1-2H3,(H,16,17). The van der Waals surface area contributed by atoms with Gasteiger partial charge < -0.3 is 9.84 Å². The Kier molecular flexibility index (Phi) is 4.91. The summed E-state index contributed by atoms with van der Waals surface area (Å²) in [5, 5.41) is 9.13. The monoisotopic (exact) mass is 425 g/mol. The van der Waals surface area contributed by atoms with Gasteiger partial charge in [-0.3, -0.25) is 0 Å². The van der Waals surface area contributed by atoms with Crippen molar-refractivity contribution in [1.82, 2.24) is 4.31 Å². The molecule has 1 aliphatic heterocycles. The molecule has 1 aromatic rings. The molecule has 1 saturated heterocycles. The van der Waals surface area contributed by atoms with E-state index < -0.39 is 16.0 Å². The molecule has 0 spiro atoms. The van der Waals surface area contributed by atoms with E-state index in [0.29, 0.717) is 10.2 Å². The highest BCUT2D eigenvalue weighted by molar-refractivity contribution is 14.1. The van der Waals surface area contributed by atoms with Crippen molar-refractivity contribution < 1.29 is 23.1 Å². The van der Waals surface area contributed by atoms with E-state index in [1.54, 1.807) is 6.92 Å². The van der Waals surface area contributed by atoms with Gasteiger partial charge in [-0.1, -0.05) is 0 Å². The van der Waals surface area contributed by atoms with Crippen LogP contribution in [0.4, 0.5) is 0 Å². The number of hydrogen-bond donors (Lipinski definition) is 1. The van der Waals surface area contributed by atoms with Crippen LogP contribution in [0, 0.1) is 3.57 Å². The van der Waals surface area contributed by atoms with Crippen LogP contribution in [-0.2, 0) is 14.8 Å². The first-order valence-corrected chi connectivity index (χ1v) is 8.91. The van der Waals surface area contributed by atoms with E-state index in [0.717, 1.165) is 0 Å². The van der Waals surface area contributed by atoms with Crippen LogP contribution in [0.25, 0.3) is 0 Å². The van der Waals surface area contributed by atoms with Gasteiger partial charge in [0.15, 0.2) is 0 Å². The Balaban J connectivity index is 2.44. The number of nitrogens with zero attached hydrogens (tertiary/aromatic N) is 1. The molecule has 0 amide bonds. The minimum Gasteiger partial charge on any atom is -0.478 e. The lowest BCUT2D eigenvalue weighted by molar-refractivity contribution is -0.0170. The number of morpholine rings is 1. The quantitative estimate of drug-likeness (QED) is 0.747. The molecule has 2 unspecified atom stereocenters. The number of benzene rings is 1. The Morgan fingerprint density at radius 3 is 2.71 bits per heavy atom. The van der Waals surface area contributed by atoms with Crippen molar-refractivity contribution in [3.05, 3.63) is 27.3 Å². The number of carboxylic acid groups (broad SMARTS) is 1. The zero-order valence-corrected chi connectivity index (χ0v) is 14.6. The van der Waals surface area contributed by atoms with Crippen molar-refractivity contribution in [1.29, 1.82) is 0 Å². The number of halogens is 1. The fraction of sp³-hybridized carbons (Fsp3) is 0.462. The second-order valence-electron chi connectivity index (χ2n) is 5.01. The van der Waals surface area contributed by atoms with E-state index in [4.69, 9.17) is 9.84 Å². The average Bonchev–Trinajstić information content (AvgIpc) is 2.41. The summed E-state index contributed by atoms with van der Waals surface area (Å²) >= 11 is 1.87. The van der Waals surface area contributed by atoms with Crippen LogP contribution in [0.15, 0.2) is 23.1 Å². The Labute approximate surface area is 137 Å². The molecular formula is C13H16INO5S. The van der Waals surface area contributed by atoms with Gasteiger partial charge in [0, 0.05) is 16.2 Å². The predicted molar refractivity (Wildman–Crippen MR) is 84.9 cm³/mol. The van der Waals surface area contributed by atoms with E-state index in [1.807, 2.05) is 29.5 Å². The molecule has 1 fully saturated rings. The van der Waals surface area contributed by atoms with Gasteiger partial charge in [-0.15, -0.1) is 0 Å². The highest BCUT2D eigenvalue weighted by Crippen LogP contribution is 2.25. The third kappa shape index (κ3) is 3.38. The van der Waals surface area contributed by atoms with Gasteiger partial charge in [0.25, 0.3) is 0 Å². The normalized spacial score (nSPS) is 24.0. The molecule has 1 N–H and O–H groups in total. The second kappa shape index (κ2) is 6.19. The van der Waals surface area contributed by atoms with Crippen molar-refractivity contribution in [2.75, 3.05) is 13.2 Å². The van der Waals surface area contributed by atoms with Crippen LogP contribution >= 0.6 is 22.6 Å². The maximum Gasteiger partial charge on any atom is 0.336 e. The van der Waals surface area contributed by atoms with E-state index in [2.05, 4.69) is 0 Å². The third-order valence-electron chi connectivity index (χ3n) is 3.33. The number of rotatable bonds is 3. The summed E-state index contributed by atoms with van der Waals surface area (Å²) in [6.07, 6.45) is -0.182. The van der Waals surface area contributed by atoms with Crippen LogP contribution in [0.5, 0.6) is 0 Å². The molecule has 2 rings (SSSR count). The molecule has 0 aliphatic carbocycles. The Bertz CT molecular complexity index is 661. The summed E-state index contributed by atoms with van der Waals surface area (Å²) in [6.45, 7) is 4.17. The molecule has 116 valence electrons. The summed E-state index contributed by atoms with van der Waals surface area (Å²) in [4.78, 5) is 11.2. The molecule has 1 aromatic carbocycles. The van der Waals surface area contributed by atoms with Gasteiger partial charge in [0.2, 0.25) is 10.0 Å². The van der Waals surface area contributed by atoms with Crippen molar-refractivity contribution >= 4 is 38.6 Å². The Morgan fingerprint density at radius 1 is 1.43 bits per heavy atom. The lowest BCUT2D eigenvalue weighted by atomic mass is 10.2. The molecule has 21 heavy (non-hydrogen) atoms. The van der Waals surface area contributed by atoms with Gasteiger partial charge in [-0.25, -0.2) is 13.2 Å². The van der Waals surface area contributed by atoms with Gasteiger partial charge in [0.05, 0.1) is 23.2 Å². The summed E-state index contributed by atoms with van der Waals surface area (Å²) in [5.41, 5.74) is -0.00867. The molecule has 6 nitrogen and oxygen atoms in total. The molecule has 1 aliphatic rings. The number of sulfonamides is 1. The first-order valence-electron chi connectivity index (χ1n) is 6.39. The number of carbonyl (C=O) groups is 1. The minimum atomic E-state index is -3.73. The fourth-order valence-electron chi connectivity index (χ4n) is 2.17. The molecule has 0 bridgehead atoms. The van der Waals surface area contributed by atoms with Crippen LogP contribution in [-0.4, -0.2) is 49.1 Å². The molecule has 8 heteroatoms. The van der Waals surface area contributed by atoms with Crippen molar-refractivity contribution in [2.24, 2.45) is 0 Å². The summed E-state index contributed by atoms with van der Waals surface area (Å²) in [5.74, 6) is -1.14. The first kappa shape index (κ1) is 16.7. The maximum atomic E-state index is 12.7. The third-order valence-corrected chi connectivity index (χ3v) is 6.24. The zero-order valence-electron chi connectivity index (χ0n) is 11.6. The maximum absolute atomic E-state index is 12.7. The van der Waals surface area contributed by atoms with Crippen molar-refractivity contribution in [3.63, 3.8) is 0 Å². The number of carboxylic acids is 1. The summed E-state index contributed by atoms with van der Waals surface area (Å²) in [7, 11) is -3.73. The second-order valence-corrected chi connectivity index (χ2v) is 8.07. The minimum absolute atomic E-state index is 0.00117. The summed E-state index contributed by atoms with van der Waals surface area (Å²) < 4.78 is 32.7. The van der Waals surface area contributed by atoms with Gasteiger partial charge >= 0.3 is 5.97 Å². The van der Waals surface area contributed by atoms with Crippen molar-refractivity contribution in [2.45, 2.75) is 30.9 Å². The fourth-order valence-corrected chi connectivity index (χ4v) is 4.46. The zero-order chi connectivity index (χ0) is 15.8. The smallest absolute Gasteiger partial charge is 0.336 e. The number of ether oxygens (including phenoxy) is 1. The molecule has 0 aromatic heterocycles. The molecule has 2 atom stereocenters. The Morgan fingerprint density at radius 2 is 2.10 bits per heavy atom. The van der Waals surface area contributed by atoms with E-state index >= 15 is 0 Å². The summed E-state index contributed by atoms with van der Waals surface area (Å²) in [6, 6.07) is 3.88. The van der Waals surface area contributed by atoms with E-state index in [-0.39, 0.29) is 29.1 Å². The predicted octanol–water partition coefficient (Wildman–Crippen LogP) is 1.79. The SMILES string of the molecule is CC1CN(S(=O)(=O)c2ccc(I)c(C(=O)O)c2)C(C)CO1. The largest absolute Gasteiger partial charge is 0.478 e. The molecule has 0 saturated carbocycles. The van der Waals surface area contributed by atoms with Crippen molar-refractivity contribution in [3.8, 4) is 0 Å². The van der Waals surface area contributed by atoms with E-state index in [1.165, 1.54) is 22.5 Å². The lowest BCUT2D eigenvalue weighted by Gasteiger charge is -2.35. The highest BCUT2D eigenvalue weighted by atomic mass is 127. The highest BCUT2D eigenvalue weighted by Gasteiger charge is 2.34. The number of aromatic carboxylic acids is 1. The molecule has 0 radical (unpaired) electrons. The van der Waals surface area contributed by atoms with Crippen LogP contribution in [0.3, 0.4) is 0 Å². The first-order chi connectivity index (χ1) is 9.73. The molecule has 1 heterocycles. The van der Waals surface area contributed by atoms with Crippen LogP contribution in [0.1, 0.15) is 24.2 Å². The van der Waals surface area contributed by atoms with E-state index in [9.17, 15) is 13.2 Å². The topological polar surface area (TPSA) is 83.9 Å². The average molecular weight is 425 g/mol. The lowest BCUT2D eigenvalue weighted by Crippen LogP contribution is -2.50. The van der Waals surface area contributed by atoms with Crippen LogP contribution in [0.2, 0.25) is 0 Å². The molecular weight excluding hydrogens is 409 g/mol. The van der Waals surface area contributed by atoms with Gasteiger partial charge in [-0.2, -0.15) is 4.31 Å².